The lowest BCUT2D eigenvalue weighted by atomic mass is 9.85. The van der Waals surface area contributed by atoms with Gasteiger partial charge in [-0.2, -0.15) is 5.26 Å². The maximum Gasteiger partial charge on any atom is 0.270 e. The third kappa shape index (κ3) is 4.15. The normalized spacial score (nSPS) is 18.3. The van der Waals surface area contributed by atoms with Crippen molar-refractivity contribution in [1.29, 1.82) is 5.26 Å². The third-order valence-corrected chi connectivity index (χ3v) is 5.89. The number of nitrogens with one attached hydrogen (secondary N) is 1. The molecule has 2 heterocycles. The zero-order valence-corrected chi connectivity index (χ0v) is 18.0. The van der Waals surface area contributed by atoms with E-state index in [0.717, 1.165) is 31.2 Å². The molecule has 6 nitrogen and oxygen atoms in total. The van der Waals surface area contributed by atoms with Crippen LogP contribution >= 0.6 is 0 Å². The van der Waals surface area contributed by atoms with E-state index >= 15 is 0 Å². The van der Waals surface area contributed by atoms with Crippen LogP contribution in [-0.4, -0.2) is 21.3 Å². The minimum absolute atomic E-state index is 0.173. The van der Waals surface area contributed by atoms with Crippen LogP contribution in [0.25, 0.3) is 5.65 Å². The molecule has 3 aromatic rings. The zero-order valence-electron chi connectivity index (χ0n) is 18.0. The number of pyridine rings is 1. The first-order chi connectivity index (χ1) is 15.4. The van der Waals surface area contributed by atoms with Crippen LogP contribution < -0.4 is 10.1 Å². The van der Waals surface area contributed by atoms with Gasteiger partial charge in [-0.25, -0.2) is 13.8 Å². The standard InChI is InChI=1S/C24H24F2N4O2/c1-14-10-21(32-13-17-18(25)7-5-8-19(17)26)23-28-15(2)22(30(23)12-14)24(31)29-20-9-4-3-6-16(20)11-27/h5,7-8,10,12,16,20H,3-4,6,9,13H2,1-2H3,(H,29,31). The number of carbonyl (C=O) groups excluding carboxylic acids is 1. The number of aryl methyl sites for hydroxylation is 2. The van der Waals surface area contributed by atoms with E-state index < -0.39 is 11.6 Å². The number of halogens is 2. The van der Waals surface area contributed by atoms with E-state index in [-0.39, 0.29) is 30.0 Å². The first-order valence-electron chi connectivity index (χ1n) is 10.6. The van der Waals surface area contributed by atoms with Gasteiger partial charge in [0.05, 0.1) is 23.2 Å². The van der Waals surface area contributed by atoms with Gasteiger partial charge in [0.15, 0.2) is 11.4 Å². The van der Waals surface area contributed by atoms with Gasteiger partial charge in [0.25, 0.3) is 5.91 Å². The Morgan fingerprint density at radius 2 is 2.00 bits per heavy atom. The van der Waals surface area contributed by atoms with Gasteiger partial charge < -0.3 is 10.1 Å². The van der Waals surface area contributed by atoms with Gasteiger partial charge in [-0.3, -0.25) is 9.20 Å². The fourth-order valence-electron chi connectivity index (χ4n) is 4.25. The van der Waals surface area contributed by atoms with Crippen molar-refractivity contribution in [3.05, 3.63) is 64.6 Å². The predicted molar refractivity (Wildman–Crippen MR) is 114 cm³/mol. The fraction of sp³-hybridized carbons (Fsp3) is 0.375. The SMILES string of the molecule is Cc1cc(OCc2c(F)cccc2F)c2nc(C)c(C(=O)NC3CCCCC3C#N)n2c1. The molecule has 1 amide bonds. The maximum absolute atomic E-state index is 14.0. The second-order valence-corrected chi connectivity index (χ2v) is 8.21. The summed E-state index contributed by atoms with van der Waals surface area (Å²) in [4.78, 5) is 17.6. The first kappa shape index (κ1) is 21.8. The Balaban J connectivity index is 1.64. The molecule has 0 radical (unpaired) electrons. The number of rotatable bonds is 5. The number of nitriles is 1. The molecular weight excluding hydrogens is 414 g/mol. The molecule has 166 valence electrons. The van der Waals surface area contributed by atoms with Gasteiger partial charge in [-0.15, -0.1) is 0 Å². The van der Waals surface area contributed by atoms with Crippen LogP contribution in [0.5, 0.6) is 5.75 Å². The Kier molecular flexibility index (Phi) is 6.08. The molecule has 32 heavy (non-hydrogen) atoms. The van der Waals surface area contributed by atoms with Crippen LogP contribution in [0, 0.1) is 42.7 Å². The van der Waals surface area contributed by atoms with Crippen molar-refractivity contribution >= 4 is 11.6 Å². The molecule has 0 bridgehead atoms. The van der Waals surface area contributed by atoms with Gasteiger partial charge in [0.1, 0.15) is 23.9 Å². The van der Waals surface area contributed by atoms with Gasteiger partial charge in [0, 0.05) is 12.2 Å². The van der Waals surface area contributed by atoms with Crippen LogP contribution in [0.1, 0.15) is 53.0 Å². The summed E-state index contributed by atoms with van der Waals surface area (Å²) in [5.74, 6) is -1.56. The van der Waals surface area contributed by atoms with Gasteiger partial charge >= 0.3 is 0 Å². The average Bonchev–Trinajstić information content (AvgIpc) is 3.09. The number of carbonyl (C=O) groups is 1. The van der Waals surface area contributed by atoms with E-state index in [2.05, 4.69) is 16.4 Å². The Morgan fingerprint density at radius 1 is 1.28 bits per heavy atom. The monoisotopic (exact) mass is 438 g/mol. The summed E-state index contributed by atoms with van der Waals surface area (Å²) in [7, 11) is 0. The number of hydrogen-bond acceptors (Lipinski definition) is 4. The Hall–Kier alpha value is -3.47. The topological polar surface area (TPSA) is 79.4 Å². The summed E-state index contributed by atoms with van der Waals surface area (Å²) in [6, 6.07) is 7.47. The van der Waals surface area contributed by atoms with Crippen LogP contribution in [0.2, 0.25) is 0 Å². The number of fused-ring (bicyclic) bond motifs is 1. The smallest absolute Gasteiger partial charge is 0.270 e. The minimum Gasteiger partial charge on any atom is -0.485 e. The molecule has 2 atom stereocenters. The average molecular weight is 438 g/mol. The fourth-order valence-corrected chi connectivity index (χ4v) is 4.25. The van der Waals surface area contributed by atoms with Crippen molar-refractivity contribution in [3.63, 3.8) is 0 Å². The molecule has 2 aromatic heterocycles. The van der Waals surface area contributed by atoms with E-state index in [9.17, 15) is 18.8 Å². The second kappa shape index (κ2) is 8.95. The summed E-state index contributed by atoms with van der Waals surface area (Å²) in [6.45, 7) is 3.25. The van der Waals surface area contributed by atoms with Gasteiger partial charge in [0.2, 0.25) is 0 Å². The molecule has 8 heteroatoms. The molecule has 0 saturated heterocycles. The largest absolute Gasteiger partial charge is 0.485 e. The van der Waals surface area contributed by atoms with E-state index in [1.54, 1.807) is 23.6 Å². The molecule has 1 aliphatic carbocycles. The van der Waals surface area contributed by atoms with E-state index in [0.29, 0.717) is 22.8 Å². The number of ether oxygens (including phenoxy) is 1. The quantitative estimate of drug-likeness (QED) is 0.630. The highest BCUT2D eigenvalue weighted by atomic mass is 19.1. The highest BCUT2D eigenvalue weighted by molar-refractivity contribution is 5.95. The number of amides is 1. The molecule has 2 unspecified atom stereocenters. The number of benzene rings is 1. The first-order valence-corrected chi connectivity index (χ1v) is 10.6. The lowest BCUT2D eigenvalue weighted by Crippen LogP contribution is -2.42. The highest BCUT2D eigenvalue weighted by Crippen LogP contribution is 2.27. The van der Waals surface area contributed by atoms with Crippen LogP contribution in [0.3, 0.4) is 0 Å². The van der Waals surface area contributed by atoms with Crippen molar-refractivity contribution in [1.82, 2.24) is 14.7 Å². The molecule has 0 spiro atoms. The number of imidazole rings is 1. The van der Waals surface area contributed by atoms with Crippen molar-refractivity contribution in [2.75, 3.05) is 0 Å². The minimum atomic E-state index is -0.687. The second-order valence-electron chi connectivity index (χ2n) is 8.21. The van der Waals surface area contributed by atoms with Crippen LogP contribution in [0.15, 0.2) is 30.5 Å². The Morgan fingerprint density at radius 3 is 2.72 bits per heavy atom. The Labute approximate surface area is 184 Å². The molecule has 0 aliphatic heterocycles. The van der Waals surface area contributed by atoms with Crippen molar-refractivity contribution < 1.29 is 18.3 Å². The maximum atomic E-state index is 14.0. The molecule has 4 rings (SSSR count). The Bertz CT molecular complexity index is 1190. The van der Waals surface area contributed by atoms with Gasteiger partial charge in [-0.1, -0.05) is 18.9 Å². The van der Waals surface area contributed by atoms with Crippen molar-refractivity contribution in [3.8, 4) is 11.8 Å². The number of hydrogen-bond donors (Lipinski definition) is 1. The molecule has 1 aliphatic rings. The van der Waals surface area contributed by atoms with E-state index in [1.165, 1.54) is 18.2 Å². The summed E-state index contributed by atoms with van der Waals surface area (Å²) >= 11 is 0. The van der Waals surface area contributed by atoms with Crippen molar-refractivity contribution in [2.24, 2.45) is 5.92 Å². The molecule has 1 aromatic carbocycles. The number of nitrogens with zero attached hydrogens (tertiary/aromatic N) is 3. The summed E-state index contributed by atoms with van der Waals surface area (Å²) < 4.78 is 35.4. The van der Waals surface area contributed by atoms with Crippen LogP contribution in [0.4, 0.5) is 8.78 Å². The summed E-state index contributed by atoms with van der Waals surface area (Å²) in [5, 5.41) is 12.4. The lowest BCUT2D eigenvalue weighted by molar-refractivity contribution is 0.0910. The molecule has 1 saturated carbocycles. The van der Waals surface area contributed by atoms with E-state index in [1.807, 2.05) is 6.92 Å². The molecule has 1 fully saturated rings. The molecular formula is C24H24F2N4O2. The summed E-state index contributed by atoms with van der Waals surface area (Å²) in [6.07, 6.45) is 5.27. The zero-order chi connectivity index (χ0) is 22.8. The summed E-state index contributed by atoms with van der Waals surface area (Å²) in [5.41, 5.74) is 1.86. The lowest BCUT2D eigenvalue weighted by Gasteiger charge is -2.27. The van der Waals surface area contributed by atoms with Crippen molar-refractivity contribution in [2.45, 2.75) is 52.2 Å². The van der Waals surface area contributed by atoms with Gasteiger partial charge in [-0.05, 0) is 50.5 Å². The predicted octanol–water partition coefficient (Wildman–Crippen LogP) is 4.62. The van der Waals surface area contributed by atoms with E-state index in [4.69, 9.17) is 4.74 Å². The van der Waals surface area contributed by atoms with Crippen LogP contribution in [-0.2, 0) is 6.61 Å². The highest BCUT2D eigenvalue weighted by Gasteiger charge is 2.28. The third-order valence-electron chi connectivity index (χ3n) is 5.89. The number of aromatic nitrogens is 2. The molecule has 1 N–H and O–H groups in total.